The molecule has 0 bridgehead atoms. The lowest BCUT2D eigenvalue weighted by atomic mass is 10.0. The average Bonchev–Trinajstić information content (AvgIpc) is 2.18. The molecule has 1 rings (SSSR count). The molecule has 0 spiro atoms. The molecule has 0 aliphatic carbocycles. The van der Waals surface area contributed by atoms with Gasteiger partial charge in [-0.25, -0.2) is 8.78 Å². The SMILES string of the molecule is CCCC(F)(F)c1cccc(CN)c1. The summed E-state index contributed by atoms with van der Waals surface area (Å²) in [6.07, 6.45) is 0.362. The molecule has 1 nitrogen and oxygen atoms in total. The lowest BCUT2D eigenvalue weighted by molar-refractivity contribution is -0.0140. The maximum Gasteiger partial charge on any atom is 0.273 e. The van der Waals surface area contributed by atoms with Crippen molar-refractivity contribution in [3.8, 4) is 0 Å². The maximum absolute atomic E-state index is 13.4. The third-order valence-electron chi connectivity index (χ3n) is 2.15. The van der Waals surface area contributed by atoms with Gasteiger partial charge in [-0.05, 0) is 11.6 Å². The Morgan fingerprint density at radius 3 is 2.64 bits per heavy atom. The predicted octanol–water partition coefficient (Wildman–Crippen LogP) is 3.04. The second-order valence-corrected chi connectivity index (χ2v) is 3.36. The van der Waals surface area contributed by atoms with Crippen LogP contribution in [0.3, 0.4) is 0 Å². The van der Waals surface area contributed by atoms with Gasteiger partial charge >= 0.3 is 0 Å². The molecule has 0 atom stereocenters. The minimum atomic E-state index is -2.72. The average molecular weight is 199 g/mol. The third kappa shape index (κ3) is 2.51. The minimum absolute atomic E-state index is 0.0716. The summed E-state index contributed by atoms with van der Waals surface area (Å²) in [6.45, 7) is 2.05. The summed E-state index contributed by atoms with van der Waals surface area (Å²) in [5, 5.41) is 0. The van der Waals surface area contributed by atoms with Gasteiger partial charge in [0, 0.05) is 18.5 Å². The highest BCUT2D eigenvalue weighted by Crippen LogP contribution is 2.32. The van der Waals surface area contributed by atoms with Gasteiger partial charge < -0.3 is 5.73 Å². The van der Waals surface area contributed by atoms with Crippen molar-refractivity contribution in [1.29, 1.82) is 0 Å². The number of alkyl halides is 2. The van der Waals surface area contributed by atoms with Crippen LogP contribution in [0, 0.1) is 0 Å². The molecule has 78 valence electrons. The maximum atomic E-state index is 13.4. The fraction of sp³-hybridized carbons (Fsp3) is 0.455. The van der Waals surface area contributed by atoms with Crippen LogP contribution in [-0.2, 0) is 12.5 Å². The first-order valence-electron chi connectivity index (χ1n) is 4.77. The molecular weight excluding hydrogens is 184 g/mol. The minimum Gasteiger partial charge on any atom is -0.326 e. The lowest BCUT2D eigenvalue weighted by Gasteiger charge is -2.16. The van der Waals surface area contributed by atoms with Crippen molar-refractivity contribution in [2.24, 2.45) is 5.73 Å². The van der Waals surface area contributed by atoms with Crippen LogP contribution < -0.4 is 5.73 Å². The molecule has 0 aliphatic heterocycles. The molecule has 0 amide bonds. The molecule has 0 aliphatic rings. The summed E-state index contributed by atoms with van der Waals surface area (Å²) >= 11 is 0. The van der Waals surface area contributed by atoms with E-state index in [4.69, 9.17) is 5.73 Å². The Labute approximate surface area is 82.9 Å². The molecule has 0 fully saturated rings. The Kier molecular flexibility index (Phi) is 3.58. The first-order valence-corrected chi connectivity index (χ1v) is 4.77. The van der Waals surface area contributed by atoms with Gasteiger partial charge in [-0.3, -0.25) is 0 Å². The van der Waals surface area contributed by atoms with Crippen LogP contribution in [0.5, 0.6) is 0 Å². The second-order valence-electron chi connectivity index (χ2n) is 3.36. The van der Waals surface area contributed by atoms with Crippen LogP contribution >= 0.6 is 0 Å². The number of rotatable bonds is 4. The van der Waals surface area contributed by atoms with E-state index in [-0.39, 0.29) is 12.0 Å². The van der Waals surface area contributed by atoms with Crippen LogP contribution in [-0.4, -0.2) is 0 Å². The smallest absolute Gasteiger partial charge is 0.273 e. The third-order valence-corrected chi connectivity index (χ3v) is 2.15. The molecule has 1 aromatic carbocycles. The molecule has 0 aromatic heterocycles. The van der Waals surface area contributed by atoms with E-state index >= 15 is 0 Å². The number of benzene rings is 1. The highest BCUT2D eigenvalue weighted by molar-refractivity contribution is 5.26. The second kappa shape index (κ2) is 4.51. The summed E-state index contributed by atoms with van der Waals surface area (Å²) < 4.78 is 26.9. The Morgan fingerprint density at radius 1 is 1.36 bits per heavy atom. The van der Waals surface area contributed by atoms with Crippen molar-refractivity contribution in [2.75, 3.05) is 0 Å². The number of nitrogens with two attached hydrogens (primary N) is 1. The first-order chi connectivity index (χ1) is 6.60. The fourth-order valence-electron chi connectivity index (χ4n) is 1.38. The summed E-state index contributed by atoms with van der Waals surface area (Å²) in [7, 11) is 0. The van der Waals surface area contributed by atoms with E-state index in [0.717, 1.165) is 5.56 Å². The fourth-order valence-corrected chi connectivity index (χ4v) is 1.38. The quantitative estimate of drug-likeness (QED) is 0.792. The van der Waals surface area contributed by atoms with Gasteiger partial charge in [-0.2, -0.15) is 0 Å². The Hall–Kier alpha value is -0.960. The van der Waals surface area contributed by atoms with Crippen molar-refractivity contribution in [2.45, 2.75) is 32.2 Å². The van der Waals surface area contributed by atoms with Crippen LogP contribution in [0.15, 0.2) is 24.3 Å². The van der Waals surface area contributed by atoms with Crippen LogP contribution in [0.4, 0.5) is 8.78 Å². The van der Waals surface area contributed by atoms with Gasteiger partial charge in [0.05, 0.1) is 0 Å². The van der Waals surface area contributed by atoms with E-state index < -0.39 is 5.92 Å². The number of hydrogen-bond donors (Lipinski definition) is 1. The summed E-state index contributed by atoms with van der Waals surface area (Å²) in [4.78, 5) is 0. The van der Waals surface area contributed by atoms with Crippen molar-refractivity contribution >= 4 is 0 Å². The zero-order valence-electron chi connectivity index (χ0n) is 8.26. The van der Waals surface area contributed by atoms with Crippen LogP contribution in [0.2, 0.25) is 0 Å². The van der Waals surface area contributed by atoms with Crippen LogP contribution in [0.1, 0.15) is 30.9 Å². The lowest BCUT2D eigenvalue weighted by Crippen LogP contribution is -2.13. The zero-order chi connectivity index (χ0) is 10.6. The van der Waals surface area contributed by atoms with Crippen LogP contribution in [0.25, 0.3) is 0 Å². The predicted molar refractivity (Wildman–Crippen MR) is 53.1 cm³/mol. The van der Waals surface area contributed by atoms with Gasteiger partial charge in [-0.1, -0.05) is 31.5 Å². The van der Waals surface area contributed by atoms with E-state index in [2.05, 4.69) is 0 Å². The van der Waals surface area contributed by atoms with Crippen molar-refractivity contribution < 1.29 is 8.78 Å². The molecule has 3 heteroatoms. The summed E-state index contributed by atoms with van der Waals surface area (Å²) in [6, 6.07) is 6.32. The highest BCUT2D eigenvalue weighted by Gasteiger charge is 2.29. The number of hydrogen-bond acceptors (Lipinski definition) is 1. The van der Waals surface area contributed by atoms with E-state index in [1.54, 1.807) is 19.1 Å². The number of halogens is 2. The standard InChI is InChI=1S/C11H15F2N/c1-2-6-11(12,13)10-5-3-4-9(7-10)8-14/h3-5,7H,2,6,8,14H2,1H3. The normalized spacial score (nSPS) is 11.7. The molecular formula is C11H15F2N. The Bertz CT molecular complexity index is 297. The van der Waals surface area contributed by atoms with Crippen molar-refractivity contribution in [3.05, 3.63) is 35.4 Å². The molecule has 0 saturated heterocycles. The van der Waals surface area contributed by atoms with Crippen molar-refractivity contribution in [1.82, 2.24) is 0 Å². The van der Waals surface area contributed by atoms with Crippen molar-refractivity contribution in [3.63, 3.8) is 0 Å². The molecule has 14 heavy (non-hydrogen) atoms. The van der Waals surface area contributed by atoms with E-state index in [1.807, 2.05) is 0 Å². The largest absolute Gasteiger partial charge is 0.326 e. The summed E-state index contributed by atoms with van der Waals surface area (Å²) in [5.41, 5.74) is 6.21. The molecule has 0 radical (unpaired) electrons. The van der Waals surface area contributed by atoms with Gasteiger partial charge in [0.15, 0.2) is 0 Å². The molecule has 0 saturated carbocycles. The highest BCUT2D eigenvalue weighted by atomic mass is 19.3. The molecule has 0 heterocycles. The van der Waals surface area contributed by atoms with Gasteiger partial charge in [-0.15, -0.1) is 0 Å². The first kappa shape index (κ1) is 11.1. The topological polar surface area (TPSA) is 26.0 Å². The van der Waals surface area contributed by atoms with Gasteiger partial charge in [0.2, 0.25) is 0 Å². The molecule has 2 N–H and O–H groups in total. The Balaban J connectivity index is 2.93. The van der Waals surface area contributed by atoms with E-state index in [0.29, 0.717) is 13.0 Å². The molecule has 0 unspecified atom stereocenters. The van der Waals surface area contributed by atoms with Gasteiger partial charge in [0.1, 0.15) is 0 Å². The summed E-state index contributed by atoms with van der Waals surface area (Å²) in [5.74, 6) is -2.72. The zero-order valence-corrected chi connectivity index (χ0v) is 8.26. The van der Waals surface area contributed by atoms with E-state index in [9.17, 15) is 8.78 Å². The molecule has 1 aromatic rings. The van der Waals surface area contributed by atoms with Gasteiger partial charge in [0.25, 0.3) is 5.92 Å². The van der Waals surface area contributed by atoms with E-state index in [1.165, 1.54) is 12.1 Å². The monoisotopic (exact) mass is 199 g/mol. The Morgan fingerprint density at radius 2 is 2.07 bits per heavy atom.